The minimum atomic E-state index is -4.57. The maximum atomic E-state index is 12.8. The third kappa shape index (κ3) is 5.53. The van der Waals surface area contributed by atoms with Crippen LogP contribution in [0.3, 0.4) is 0 Å². The van der Waals surface area contributed by atoms with Crippen molar-refractivity contribution in [1.29, 1.82) is 0 Å². The van der Waals surface area contributed by atoms with E-state index in [2.05, 4.69) is 53.7 Å². The van der Waals surface area contributed by atoms with Gasteiger partial charge in [-0.05, 0) is 70.9 Å². The van der Waals surface area contributed by atoms with Crippen LogP contribution in [-0.4, -0.2) is 0 Å². The summed E-state index contributed by atoms with van der Waals surface area (Å²) in [6, 6.07) is 8.17. The molecule has 4 nitrogen and oxygen atoms in total. The zero-order valence-electron chi connectivity index (χ0n) is 19.8. The van der Waals surface area contributed by atoms with Crippen LogP contribution in [0.5, 0.6) is 11.5 Å². The monoisotopic (exact) mass is 438 g/mol. The number of phosphoric ester groups is 1. The van der Waals surface area contributed by atoms with Crippen molar-refractivity contribution >= 4 is 7.82 Å². The van der Waals surface area contributed by atoms with Gasteiger partial charge in [-0.25, -0.2) is 4.57 Å². The topological polar surface area (TPSA) is 58.6 Å². The Morgan fingerprint density at radius 1 is 0.767 bits per heavy atom. The van der Waals surface area contributed by atoms with Gasteiger partial charge in [-0.3, -0.25) is 0 Å². The predicted molar refractivity (Wildman–Crippen MR) is 116 cm³/mol. The molecular formula is C24H32NaO4P. The summed E-state index contributed by atoms with van der Waals surface area (Å²) in [5, 5.41) is 0. The number of phosphoric acid groups is 1. The maximum Gasteiger partial charge on any atom is 1.00 e. The van der Waals surface area contributed by atoms with E-state index in [0.717, 1.165) is 33.4 Å². The molecule has 6 heteroatoms. The van der Waals surface area contributed by atoms with Crippen molar-refractivity contribution in [3.8, 4) is 11.5 Å². The van der Waals surface area contributed by atoms with E-state index in [1.807, 2.05) is 26.0 Å². The smallest absolute Gasteiger partial charge is 0.736 e. The molecule has 0 amide bonds. The zero-order valence-corrected chi connectivity index (χ0v) is 22.7. The standard InChI is InChI=1S/C24H33O4P.Na/c1-15-11-19(23(3,4)5)13-17-9-10-18-14-20(24(6,7)8)12-16(2)22(18)28-29(25,26)27-21(15)17;/h11-14H,9-10H2,1-8H3,(H,25,26);/q;+1/p-1. The molecule has 0 atom stereocenters. The minimum Gasteiger partial charge on any atom is -0.736 e. The van der Waals surface area contributed by atoms with E-state index >= 15 is 0 Å². The molecule has 0 spiro atoms. The quantitative estimate of drug-likeness (QED) is 0.469. The fourth-order valence-corrected chi connectivity index (χ4v) is 4.71. The Kier molecular flexibility index (Phi) is 7.34. The molecule has 0 aromatic heterocycles. The summed E-state index contributed by atoms with van der Waals surface area (Å²) in [5.74, 6) is 0.802. The van der Waals surface area contributed by atoms with Crippen LogP contribution in [0.4, 0.5) is 0 Å². The molecule has 2 aromatic rings. The average molecular weight is 438 g/mol. The molecule has 0 aliphatic carbocycles. The number of benzene rings is 2. The van der Waals surface area contributed by atoms with Gasteiger partial charge in [0.15, 0.2) is 0 Å². The number of rotatable bonds is 0. The number of fused-ring (bicyclic) bond motifs is 2. The van der Waals surface area contributed by atoms with Gasteiger partial charge in [-0.1, -0.05) is 65.8 Å². The van der Waals surface area contributed by atoms with Crippen molar-refractivity contribution < 1.29 is 48.1 Å². The van der Waals surface area contributed by atoms with Gasteiger partial charge in [0.25, 0.3) is 0 Å². The molecule has 0 saturated heterocycles. The molecule has 0 saturated carbocycles. The molecule has 0 N–H and O–H groups in total. The Hall–Kier alpha value is -0.770. The van der Waals surface area contributed by atoms with Crippen molar-refractivity contribution in [2.24, 2.45) is 0 Å². The molecule has 30 heavy (non-hydrogen) atoms. The molecule has 3 rings (SSSR count). The summed E-state index contributed by atoms with van der Waals surface area (Å²) in [6.07, 6.45) is 1.37. The predicted octanol–water partition coefficient (Wildman–Crippen LogP) is 2.93. The maximum absolute atomic E-state index is 12.8. The number of aryl methyl sites for hydroxylation is 4. The van der Waals surface area contributed by atoms with Crippen LogP contribution in [0, 0.1) is 13.8 Å². The Morgan fingerprint density at radius 2 is 1.10 bits per heavy atom. The fourth-order valence-electron chi connectivity index (χ4n) is 3.70. The Labute approximate surface area is 203 Å². The molecule has 1 aliphatic rings. The molecule has 1 heterocycles. The molecule has 158 valence electrons. The van der Waals surface area contributed by atoms with Crippen LogP contribution >= 0.6 is 7.82 Å². The van der Waals surface area contributed by atoms with Crippen molar-refractivity contribution in [3.63, 3.8) is 0 Å². The Balaban J connectivity index is 0.00000320. The summed E-state index contributed by atoms with van der Waals surface area (Å²) in [5.41, 5.74) is 5.68. The number of hydrogen-bond donors (Lipinski definition) is 0. The fraction of sp³-hybridized carbons (Fsp3) is 0.500. The van der Waals surface area contributed by atoms with Gasteiger partial charge < -0.3 is 13.9 Å². The van der Waals surface area contributed by atoms with E-state index in [-0.39, 0.29) is 40.4 Å². The van der Waals surface area contributed by atoms with E-state index < -0.39 is 7.82 Å². The van der Waals surface area contributed by atoms with Gasteiger partial charge in [0.05, 0.1) is 0 Å². The first-order valence-corrected chi connectivity index (χ1v) is 11.6. The summed E-state index contributed by atoms with van der Waals surface area (Å²) < 4.78 is 23.7. The molecular weight excluding hydrogens is 406 g/mol. The SMILES string of the molecule is Cc1cc(C(C)(C)C)cc2c1OP(=O)([O-])Oc1c(C)cc(C(C)(C)C)cc1CC2.[Na+]. The van der Waals surface area contributed by atoms with Crippen LogP contribution in [0.2, 0.25) is 0 Å². The largest absolute Gasteiger partial charge is 1.00 e. The Bertz CT molecular complexity index is 922. The first-order valence-electron chi connectivity index (χ1n) is 10.2. The summed E-state index contributed by atoms with van der Waals surface area (Å²) in [6.45, 7) is 16.7. The number of hydrogen-bond acceptors (Lipinski definition) is 4. The van der Waals surface area contributed by atoms with Crippen LogP contribution in [-0.2, 0) is 28.2 Å². The normalized spacial score (nSPS) is 15.9. The Morgan fingerprint density at radius 3 is 1.40 bits per heavy atom. The van der Waals surface area contributed by atoms with Crippen molar-refractivity contribution in [2.75, 3.05) is 0 Å². The first-order chi connectivity index (χ1) is 13.2. The summed E-state index contributed by atoms with van der Waals surface area (Å²) >= 11 is 0. The molecule has 0 bridgehead atoms. The minimum absolute atomic E-state index is 0. The van der Waals surface area contributed by atoms with Crippen molar-refractivity contribution in [3.05, 3.63) is 57.6 Å². The van der Waals surface area contributed by atoms with Crippen LogP contribution in [0.1, 0.15) is 74.9 Å². The van der Waals surface area contributed by atoms with Gasteiger partial charge in [-0.15, -0.1) is 0 Å². The summed E-state index contributed by atoms with van der Waals surface area (Å²) in [4.78, 5) is 12.8. The van der Waals surface area contributed by atoms with Gasteiger partial charge in [0.1, 0.15) is 11.5 Å². The third-order valence-electron chi connectivity index (χ3n) is 5.51. The van der Waals surface area contributed by atoms with Gasteiger partial charge in [-0.2, -0.15) is 0 Å². The second-order valence-electron chi connectivity index (χ2n) is 10.2. The van der Waals surface area contributed by atoms with E-state index in [4.69, 9.17) is 9.05 Å². The van der Waals surface area contributed by atoms with Crippen LogP contribution < -0.4 is 43.5 Å². The average Bonchev–Trinajstić information content (AvgIpc) is 2.60. The summed E-state index contributed by atoms with van der Waals surface area (Å²) in [7, 11) is -4.57. The molecule has 0 unspecified atom stereocenters. The molecule has 1 aliphatic heterocycles. The van der Waals surface area contributed by atoms with Crippen LogP contribution in [0.25, 0.3) is 0 Å². The van der Waals surface area contributed by atoms with E-state index in [9.17, 15) is 9.46 Å². The molecule has 0 radical (unpaired) electrons. The van der Waals surface area contributed by atoms with Gasteiger partial charge >= 0.3 is 37.4 Å². The zero-order chi connectivity index (χ0) is 21.8. The third-order valence-corrected chi connectivity index (χ3v) is 6.32. The molecule has 2 aromatic carbocycles. The first kappa shape index (κ1) is 25.5. The van der Waals surface area contributed by atoms with E-state index in [1.54, 1.807) is 0 Å². The van der Waals surface area contributed by atoms with Gasteiger partial charge in [0, 0.05) is 0 Å². The van der Waals surface area contributed by atoms with E-state index in [1.165, 1.54) is 0 Å². The van der Waals surface area contributed by atoms with Crippen molar-refractivity contribution in [2.45, 2.75) is 79.1 Å². The van der Waals surface area contributed by atoms with E-state index in [0.29, 0.717) is 24.3 Å². The molecule has 0 fully saturated rings. The van der Waals surface area contributed by atoms with Crippen molar-refractivity contribution in [1.82, 2.24) is 0 Å². The second kappa shape index (κ2) is 8.64. The second-order valence-corrected chi connectivity index (χ2v) is 11.5. The van der Waals surface area contributed by atoms with Gasteiger partial charge in [0.2, 0.25) is 0 Å². The van der Waals surface area contributed by atoms with Crippen LogP contribution in [0.15, 0.2) is 24.3 Å².